The van der Waals surface area contributed by atoms with E-state index in [-0.39, 0.29) is 0 Å². The van der Waals surface area contributed by atoms with Crippen molar-refractivity contribution in [3.63, 3.8) is 0 Å². The minimum Gasteiger partial charge on any atom is -0.0961 e. The van der Waals surface area contributed by atoms with E-state index >= 15 is 0 Å². The SMILES string of the molecule is C=C(C)/C=C\C(=C/C)Sc1ccc(Sc2ccc(-c3ccccc3)cc2)cc1. The predicted molar refractivity (Wildman–Crippen MR) is 126 cm³/mol. The van der Waals surface area contributed by atoms with Gasteiger partial charge in [0.1, 0.15) is 0 Å². The minimum absolute atomic E-state index is 1.06. The Morgan fingerprint density at radius 3 is 1.82 bits per heavy atom. The average molecular weight is 401 g/mol. The molecule has 3 aromatic rings. The number of allylic oxidation sites excluding steroid dienone is 4. The lowest BCUT2D eigenvalue weighted by Gasteiger charge is -2.06. The fourth-order valence-electron chi connectivity index (χ4n) is 2.61. The number of thioether (sulfide) groups is 1. The van der Waals surface area contributed by atoms with Crippen LogP contribution in [0.1, 0.15) is 13.8 Å². The lowest BCUT2D eigenvalue weighted by molar-refractivity contribution is 1.34. The van der Waals surface area contributed by atoms with Gasteiger partial charge in [-0.15, -0.1) is 0 Å². The first-order valence-electron chi connectivity index (χ1n) is 9.25. The maximum absolute atomic E-state index is 3.92. The van der Waals surface area contributed by atoms with Crippen molar-refractivity contribution in [2.24, 2.45) is 0 Å². The van der Waals surface area contributed by atoms with Crippen molar-refractivity contribution in [3.8, 4) is 11.1 Å². The van der Waals surface area contributed by atoms with Gasteiger partial charge in [0.2, 0.25) is 0 Å². The first kappa shape index (κ1) is 20.3. The molecule has 0 N–H and O–H groups in total. The molecule has 0 amide bonds. The van der Waals surface area contributed by atoms with Crippen LogP contribution in [0.5, 0.6) is 0 Å². The molecule has 0 atom stereocenters. The molecule has 0 aromatic heterocycles. The second-order valence-electron chi connectivity index (χ2n) is 6.44. The molecule has 2 heteroatoms. The Balaban J connectivity index is 1.63. The molecule has 0 nitrogen and oxygen atoms in total. The van der Waals surface area contributed by atoms with Gasteiger partial charge in [-0.1, -0.05) is 90.3 Å². The molecule has 0 radical (unpaired) electrons. The Bertz CT molecular complexity index is 963. The highest BCUT2D eigenvalue weighted by molar-refractivity contribution is 8.03. The van der Waals surface area contributed by atoms with Crippen molar-refractivity contribution >= 4 is 23.5 Å². The first-order chi connectivity index (χ1) is 13.6. The van der Waals surface area contributed by atoms with Crippen molar-refractivity contribution in [2.75, 3.05) is 0 Å². The van der Waals surface area contributed by atoms with Crippen LogP contribution in [0.25, 0.3) is 11.1 Å². The summed E-state index contributed by atoms with van der Waals surface area (Å²) in [6.07, 6.45) is 6.29. The molecule has 0 unspecified atom stereocenters. The van der Waals surface area contributed by atoms with Gasteiger partial charge in [0.15, 0.2) is 0 Å². The van der Waals surface area contributed by atoms with Crippen LogP contribution in [0.2, 0.25) is 0 Å². The van der Waals surface area contributed by atoms with Crippen LogP contribution in [-0.4, -0.2) is 0 Å². The summed E-state index contributed by atoms with van der Waals surface area (Å²) < 4.78 is 0. The standard InChI is InChI=1S/C26H24S2/c1-4-23(13-10-20(2)3)27-25-16-18-26(19-17-25)28-24-14-11-22(12-15-24)21-8-6-5-7-9-21/h4-19H,2H2,1,3H3/b13-10-,23-4+. The third-order valence-electron chi connectivity index (χ3n) is 4.07. The highest BCUT2D eigenvalue weighted by Gasteiger charge is 2.02. The molecule has 0 fully saturated rings. The van der Waals surface area contributed by atoms with E-state index in [9.17, 15) is 0 Å². The van der Waals surface area contributed by atoms with E-state index in [1.165, 1.54) is 30.7 Å². The molecular weight excluding hydrogens is 376 g/mol. The maximum Gasteiger partial charge on any atom is 0.0123 e. The molecule has 0 aliphatic heterocycles. The van der Waals surface area contributed by atoms with Gasteiger partial charge >= 0.3 is 0 Å². The maximum atomic E-state index is 3.92. The van der Waals surface area contributed by atoms with Crippen molar-refractivity contribution in [1.29, 1.82) is 0 Å². The fourth-order valence-corrected chi connectivity index (χ4v) is 4.22. The Morgan fingerprint density at radius 1 is 0.714 bits per heavy atom. The van der Waals surface area contributed by atoms with Crippen LogP contribution < -0.4 is 0 Å². The quantitative estimate of drug-likeness (QED) is 0.287. The number of hydrogen-bond donors (Lipinski definition) is 0. The van der Waals surface area contributed by atoms with Gasteiger partial charge in [0.05, 0.1) is 0 Å². The summed E-state index contributed by atoms with van der Waals surface area (Å²) in [5.41, 5.74) is 3.56. The van der Waals surface area contributed by atoms with Gasteiger partial charge in [0.25, 0.3) is 0 Å². The zero-order valence-electron chi connectivity index (χ0n) is 16.3. The predicted octanol–water partition coefficient (Wildman–Crippen LogP) is 8.63. The van der Waals surface area contributed by atoms with E-state index < -0.39 is 0 Å². The summed E-state index contributed by atoms with van der Waals surface area (Å²) in [4.78, 5) is 4.96. The highest BCUT2D eigenvalue weighted by atomic mass is 32.2. The smallest absolute Gasteiger partial charge is 0.0123 e. The molecule has 0 saturated carbocycles. The minimum atomic E-state index is 1.06. The van der Waals surface area contributed by atoms with Gasteiger partial charge in [-0.05, 0) is 67.4 Å². The molecule has 3 rings (SSSR count). The highest BCUT2D eigenvalue weighted by Crippen LogP contribution is 2.33. The van der Waals surface area contributed by atoms with Gasteiger partial charge in [-0.2, -0.15) is 0 Å². The van der Waals surface area contributed by atoms with Crippen LogP contribution in [0.3, 0.4) is 0 Å². The number of hydrogen-bond acceptors (Lipinski definition) is 2. The zero-order valence-corrected chi connectivity index (χ0v) is 17.9. The lowest BCUT2D eigenvalue weighted by Crippen LogP contribution is -1.79. The van der Waals surface area contributed by atoms with E-state index in [1.54, 1.807) is 23.5 Å². The summed E-state index contributed by atoms with van der Waals surface area (Å²) in [7, 11) is 0. The molecule has 0 heterocycles. The van der Waals surface area contributed by atoms with Crippen LogP contribution >= 0.6 is 23.5 Å². The van der Waals surface area contributed by atoms with Gasteiger partial charge in [-0.3, -0.25) is 0 Å². The van der Waals surface area contributed by atoms with Crippen molar-refractivity contribution in [3.05, 3.63) is 114 Å². The van der Waals surface area contributed by atoms with E-state index in [2.05, 4.69) is 98.5 Å². The Hall–Kier alpha value is -2.42. The molecule has 140 valence electrons. The normalized spacial score (nSPS) is 11.7. The Kier molecular flexibility index (Phi) is 7.41. The van der Waals surface area contributed by atoms with Gasteiger partial charge < -0.3 is 0 Å². The van der Waals surface area contributed by atoms with Crippen LogP contribution in [-0.2, 0) is 0 Å². The van der Waals surface area contributed by atoms with Gasteiger partial charge in [-0.25, -0.2) is 0 Å². The molecule has 0 saturated heterocycles. The molecule has 3 aromatic carbocycles. The monoisotopic (exact) mass is 400 g/mol. The largest absolute Gasteiger partial charge is 0.0961 e. The molecule has 0 aliphatic carbocycles. The zero-order chi connectivity index (χ0) is 19.8. The fraction of sp³-hybridized carbons (Fsp3) is 0.0769. The second-order valence-corrected chi connectivity index (χ2v) is 8.73. The van der Waals surface area contributed by atoms with E-state index in [1.807, 2.05) is 19.1 Å². The Morgan fingerprint density at radius 2 is 1.25 bits per heavy atom. The molecule has 28 heavy (non-hydrogen) atoms. The summed E-state index contributed by atoms with van der Waals surface area (Å²) in [6, 6.07) is 28.0. The first-order valence-corrected chi connectivity index (χ1v) is 10.9. The Labute approximate surface area is 177 Å². The molecule has 0 bridgehead atoms. The summed E-state index contributed by atoms with van der Waals surface area (Å²) in [5, 5.41) is 0. The summed E-state index contributed by atoms with van der Waals surface area (Å²) >= 11 is 3.56. The second kappa shape index (κ2) is 10.2. The molecular formula is C26H24S2. The topological polar surface area (TPSA) is 0 Å². The van der Waals surface area contributed by atoms with Crippen molar-refractivity contribution in [1.82, 2.24) is 0 Å². The van der Waals surface area contributed by atoms with Crippen molar-refractivity contribution in [2.45, 2.75) is 28.5 Å². The van der Waals surface area contributed by atoms with E-state index in [0.717, 1.165) is 5.57 Å². The number of benzene rings is 3. The molecule has 0 spiro atoms. The van der Waals surface area contributed by atoms with Crippen LogP contribution in [0.4, 0.5) is 0 Å². The average Bonchev–Trinajstić information content (AvgIpc) is 2.73. The number of rotatable bonds is 7. The summed E-state index contributed by atoms with van der Waals surface area (Å²) in [5.74, 6) is 0. The van der Waals surface area contributed by atoms with E-state index in [4.69, 9.17) is 0 Å². The van der Waals surface area contributed by atoms with Crippen molar-refractivity contribution < 1.29 is 0 Å². The van der Waals surface area contributed by atoms with Crippen LogP contribution in [0.15, 0.2) is 129 Å². The molecule has 0 aliphatic rings. The summed E-state index contributed by atoms with van der Waals surface area (Å²) in [6.45, 7) is 7.99. The van der Waals surface area contributed by atoms with Crippen LogP contribution in [0, 0.1) is 0 Å². The van der Waals surface area contributed by atoms with Gasteiger partial charge in [0, 0.05) is 19.6 Å². The third-order valence-corrected chi connectivity index (χ3v) is 6.20. The third kappa shape index (κ3) is 6.05. The lowest BCUT2D eigenvalue weighted by atomic mass is 10.1. The van der Waals surface area contributed by atoms with E-state index in [0.29, 0.717) is 0 Å².